The Morgan fingerprint density at radius 1 is 1.14 bits per heavy atom. The van der Waals surface area contributed by atoms with Crippen LogP contribution in [0.4, 0.5) is 5.69 Å². The summed E-state index contributed by atoms with van der Waals surface area (Å²) in [6.45, 7) is 6.43. The summed E-state index contributed by atoms with van der Waals surface area (Å²) in [5.41, 5.74) is 1.73. The Balaban J connectivity index is 2.37. The van der Waals surface area contributed by atoms with E-state index in [1.54, 1.807) is 30.3 Å². The molecule has 2 rings (SSSR count). The Hall–Kier alpha value is -2.68. The summed E-state index contributed by atoms with van der Waals surface area (Å²) in [5.74, 6) is 0.433. The van der Waals surface area contributed by atoms with Gasteiger partial charge in [-0.1, -0.05) is 29.3 Å². The van der Waals surface area contributed by atoms with Crippen molar-refractivity contribution >= 4 is 40.9 Å². The monoisotopic (exact) mass is 418 g/mol. The molecule has 0 aliphatic heterocycles. The van der Waals surface area contributed by atoms with E-state index < -0.39 is 5.91 Å². The van der Waals surface area contributed by atoms with E-state index in [9.17, 15) is 10.1 Å². The number of carbonyl (C=O) groups is 1. The molecule has 0 aromatic heterocycles. The second kappa shape index (κ2) is 10.0. The van der Waals surface area contributed by atoms with Crippen molar-refractivity contribution in [3.63, 3.8) is 0 Å². The number of carbonyl (C=O) groups excluding carboxylic acids is 1. The van der Waals surface area contributed by atoms with Gasteiger partial charge < -0.3 is 14.8 Å². The predicted octanol–water partition coefficient (Wildman–Crippen LogP) is 5.64. The van der Waals surface area contributed by atoms with Gasteiger partial charge in [0.1, 0.15) is 11.6 Å². The van der Waals surface area contributed by atoms with E-state index in [0.29, 0.717) is 46.0 Å². The largest absolute Gasteiger partial charge is 0.490 e. The van der Waals surface area contributed by atoms with Crippen molar-refractivity contribution in [2.45, 2.75) is 20.8 Å². The Labute approximate surface area is 174 Å². The lowest BCUT2D eigenvalue weighted by Gasteiger charge is -2.13. The fraction of sp³-hybridized carbons (Fsp3) is 0.238. The van der Waals surface area contributed by atoms with Crippen molar-refractivity contribution in [3.8, 4) is 17.6 Å². The first-order valence-corrected chi connectivity index (χ1v) is 9.43. The number of halogens is 2. The van der Waals surface area contributed by atoms with Gasteiger partial charge in [-0.2, -0.15) is 5.26 Å². The lowest BCUT2D eigenvalue weighted by atomic mass is 10.1. The van der Waals surface area contributed by atoms with Crippen molar-refractivity contribution < 1.29 is 14.3 Å². The molecule has 0 unspecified atom stereocenters. The van der Waals surface area contributed by atoms with E-state index in [2.05, 4.69) is 5.32 Å². The highest BCUT2D eigenvalue weighted by Gasteiger charge is 2.15. The topological polar surface area (TPSA) is 71.3 Å². The molecule has 28 heavy (non-hydrogen) atoms. The van der Waals surface area contributed by atoms with Crippen LogP contribution in [0.5, 0.6) is 11.5 Å². The van der Waals surface area contributed by atoms with Crippen molar-refractivity contribution in [3.05, 3.63) is 57.1 Å². The van der Waals surface area contributed by atoms with Gasteiger partial charge in [-0.15, -0.1) is 0 Å². The molecule has 1 amide bonds. The standard InChI is InChI=1S/C21H20Cl2N2O3/c1-4-27-19-9-14(17(23)11-20(19)28-5-2)8-15(12-24)21(26)25-18-10-16(22)7-6-13(18)3/h6-11H,4-5H2,1-3H3,(H,25,26)/b15-8+. The Morgan fingerprint density at radius 3 is 2.39 bits per heavy atom. The highest BCUT2D eigenvalue weighted by Crippen LogP contribution is 2.35. The summed E-state index contributed by atoms with van der Waals surface area (Å²) in [6.07, 6.45) is 1.41. The molecule has 1 N–H and O–H groups in total. The zero-order chi connectivity index (χ0) is 20.7. The molecule has 2 aromatic rings. The number of rotatable bonds is 7. The average molecular weight is 419 g/mol. The van der Waals surface area contributed by atoms with Gasteiger partial charge >= 0.3 is 0 Å². The predicted molar refractivity (Wildman–Crippen MR) is 112 cm³/mol. The van der Waals surface area contributed by atoms with Crippen LogP contribution in [0, 0.1) is 18.3 Å². The molecule has 0 spiro atoms. The maximum absolute atomic E-state index is 12.6. The summed E-state index contributed by atoms with van der Waals surface area (Å²) in [6, 6.07) is 10.3. The third-order valence-corrected chi connectivity index (χ3v) is 4.34. The van der Waals surface area contributed by atoms with Gasteiger partial charge in [-0.25, -0.2) is 0 Å². The second-order valence-corrected chi connectivity index (χ2v) is 6.61. The number of hydrogen-bond donors (Lipinski definition) is 1. The van der Waals surface area contributed by atoms with E-state index >= 15 is 0 Å². The Kier molecular flexibility index (Phi) is 7.74. The summed E-state index contributed by atoms with van der Waals surface area (Å²) >= 11 is 12.3. The normalized spacial score (nSPS) is 10.9. The molecule has 0 aliphatic carbocycles. The molecule has 0 saturated carbocycles. The lowest BCUT2D eigenvalue weighted by Crippen LogP contribution is -2.14. The molecular weight excluding hydrogens is 399 g/mol. The number of anilines is 1. The van der Waals surface area contributed by atoms with Crippen LogP contribution in [-0.4, -0.2) is 19.1 Å². The van der Waals surface area contributed by atoms with E-state index in [4.69, 9.17) is 32.7 Å². The summed E-state index contributed by atoms with van der Waals surface area (Å²) in [4.78, 5) is 12.6. The average Bonchev–Trinajstić information content (AvgIpc) is 2.66. The van der Waals surface area contributed by atoms with Crippen LogP contribution in [-0.2, 0) is 4.79 Å². The molecule has 0 fully saturated rings. The number of hydrogen-bond acceptors (Lipinski definition) is 4. The third kappa shape index (κ3) is 5.41. The van der Waals surface area contributed by atoms with Crippen LogP contribution in [0.25, 0.3) is 6.08 Å². The summed E-state index contributed by atoms with van der Waals surface area (Å²) in [5, 5.41) is 13.0. The molecule has 0 heterocycles. The van der Waals surface area contributed by atoms with Crippen molar-refractivity contribution in [1.29, 1.82) is 5.26 Å². The summed E-state index contributed by atoms with van der Waals surface area (Å²) in [7, 11) is 0. The smallest absolute Gasteiger partial charge is 0.266 e. The van der Waals surface area contributed by atoms with E-state index in [1.165, 1.54) is 6.08 Å². The van der Waals surface area contributed by atoms with Crippen LogP contribution in [0.3, 0.4) is 0 Å². The minimum Gasteiger partial charge on any atom is -0.490 e. The third-order valence-electron chi connectivity index (χ3n) is 3.78. The van der Waals surface area contributed by atoms with Crippen LogP contribution >= 0.6 is 23.2 Å². The first-order valence-electron chi connectivity index (χ1n) is 8.68. The van der Waals surface area contributed by atoms with E-state index in [0.717, 1.165) is 5.56 Å². The molecule has 0 aliphatic rings. The zero-order valence-electron chi connectivity index (χ0n) is 15.8. The van der Waals surface area contributed by atoms with Crippen LogP contribution < -0.4 is 14.8 Å². The molecule has 0 bridgehead atoms. The minimum atomic E-state index is -0.559. The second-order valence-electron chi connectivity index (χ2n) is 5.77. The number of nitrogens with one attached hydrogen (secondary N) is 1. The van der Waals surface area contributed by atoms with Gasteiger partial charge in [-0.3, -0.25) is 4.79 Å². The SMILES string of the molecule is CCOc1cc(Cl)c(/C=C(\C#N)C(=O)Nc2cc(Cl)ccc2C)cc1OCC. The van der Waals surface area contributed by atoms with E-state index in [1.807, 2.05) is 26.8 Å². The molecule has 0 radical (unpaired) electrons. The minimum absolute atomic E-state index is 0.104. The fourth-order valence-electron chi connectivity index (χ4n) is 2.42. The molecule has 7 heteroatoms. The maximum Gasteiger partial charge on any atom is 0.266 e. The molecule has 2 aromatic carbocycles. The Morgan fingerprint density at radius 2 is 1.79 bits per heavy atom. The highest BCUT2D eigenvalue weighted by atomic mass is 35.5. The van der Waals surface area contributed by atoms with Crippen LogP contribution in [0.2, 0.25) is 10.0 Å². The molecule has 146 valence electrons. The van der Waals surface area contributed by atoms with Crippen LogP contribution in [0.1, 0.15) is 25.0 Å². The number of nitriles is 1. The first kappa shape index (κ1) is 21.6. The number of aryl methyl sites for hydroxylation is 1. The maximum atomic E-state index is 12.6. The van der Waals surface area contributed by atoms with Gasteiger partial charge in [-0.05, 0) is 56.2 Å². The van der Waals surface area contributed by atoms with Gasteiger partial charge in [0.25, 0.3) is 5.91 Å². The number of nitrogens with zero attached hydrogens (tertiary/aromatic N) is 1. The Bertz CT molecular complexity index is 949. The number of ether oxygens (including phenoxy) is 2. The van der Waals surface area contributed by atoms with E-state index in [-0.39, 0.29) is 5.57 Å². The molecule has 5 nitrogen and oxygen atoms in total. The van der Waals surface area contributed by atoms with Crippen molar-refractivity contribution in [2.24, 2.45) is 0 Å². The molecule has 0 atom stereocenters. The number of benzene rings is 2. The number of amides is 1. The van der Waals surface area contributed by atoms with Crippen LogP contribution in [0.15, 0.2) is 35.9 Å². The van der Waals surface area contributed by atoms with Crippen molar-refractivity contribution in [1.82, 2.24) is 0 Å². The van der Waals surface area contributed by atoms with Gasteiger partial charge in [0.05, 0.1) is 18.2 Å². The molecular formula is C21H20Cl2N2O3. The lowest BCUT2D eigenvalue weighted by molar-refractivity contribution is -0.112. The zero-order valence-corrected chi connectivity index (χ0v) is 17.3. The van der Waals surface area contributed by atoms with Crippen molar-refractivity contribution in [2.75, 3.05) is 18.5 Å². The van der Waals surface area contributed by atoms with Gasteiger partial charge in [0, 0.05) is 16.8 Å². The van der Waals surface area contributed by atoms with Gasteiger partial charge in [0.15, 0.2) is 11.5 Å². The summed E-state index contributed by atoms with van der Waals surface area (Å²) < 4.78 is 11.1. The quantitative estimate of drug-likeness (QED) is 0.465. The van der Waals surface area contributed by atoms with Gasteiger partial charge in [0.2, 0.25) is 0 Å². The fourth-order valence-corrected chi connectivity index (χ4v) is 2.80. The first-order chi connectivity index (χ1) is 13.4. The molecule has 0 saturated heterocycles. The highest BCUT2D eigenvalue weighted by molar-refractivity contribution is 6.32.